The molecule has 0 fully saturated rings. The van der Waals surface area contributed by atoms with Gasteiger partial charge in [0.2, 0.25) is 0 Å². The second kappa shape index (κ2) is 8.26. The molecule has 1 aromatic carbocycles. The Balaban J connectivity index is 2.79. The van der Waals surface area contributed by atoms with Gasteiger partial charge in [0.05, 0.1) is 17.6 Å². The molecule has 0 saturated heterocycles. The number of nitrogens with zero attached hydrogens (tertiary/aromatic N) is 2. The molecule has 1 rings (SSSR count). The molecular weight excluding hydrogens is 295 g/mol. The summed E-state index contributed by atoms with van der Waals surface area (Å²) in [5, 5.41) is 9.58. The molecule has 0 N–H and O–H groups in total. The molecule has 0 unspecified atom stereocenters. The van der Waals surface area contributed by atoms with Crippen molar-refractivity contribution in [3.05, 3.63) is 33.8 Å². The van der Waals surface area contributed by atoms with Gasteiger partial charge in [0, 0.05) is 30.1 Å². The fourth-order valence-corrected chi connectivity index (χ4v) is 2.35. The van der Waals surface area contributed by atoms with E-state index < -0.39 is 0 Å². The normalized spacial score (nSPS) is 10.8. The smallest absolute Gasteiger partial charge is 0.178 e. The lowest BCUT2D eigenvalue weighted by Gasteiger charge is -2.22. The number of hydrogen-bond acceptors (Lipinski definition) is 3. The highest BCUT2D eigenvalue weighted by Gasteiger charge is 2.16. The highest BCUT2D eigenvalue weighted by molar-refractivity contribution is 6.36. The van der Waals surface area contributed by atoms with Gasteiger partial charge in [-0.25, -0.2) is 0 Å². The second-order valence-corrected chi connectivity index (χ2v) is 5.93. The van der Waals surface area contributed by atoms with Crippen LogP contribution in [0.5, 0.6) is 0 Å². The van der Waals surface area contributed by atoms with Crippen LogP contribution in [0.25, 0.3) is 0 Å². The summed E-state index contributed by atoms with van der Waals surface area (Å²) in [5.41, 5.74) is 0.435. The van der Waals surface area contributed by atoms with E-state index >= 15 is 0 Å². The number of carbonyl (C=O) groups is 1. The maximum absolute atomic E-state index is 12.3. The van der Waals surface area contributed by atoms with E-state index in [1.165, 1.54) is 0 Å². The molecule has 0 atom stereocenters. The van der Waals surface area contributed by atoms with Crippen LogP contribution in [0, 0.1) is 17.2 Å². The Hall–Kier alpha value is -1.08. The van der Waals surface area contributed by atoms with Crippen molar-refractivity contribution in [1.29, 1.82) is 5.26 Å². The molecule has 3 nitrogen and oxygen atoms in total. The average molecular weight is 313 g/mol. The number of nitriles is 1. The molecule has 0 aliphatic carbocycles. The number of halogens is 2. The van der Waals surface area contributed by atoms with Gasteiger partial charge in [0.25, 0.3) is 0 Å². The van der Waals surface area contributed by atoms with E-state index in [1.54, 1.807) is 18.2 Å². The van der Waals surface area contributed by atoms with Crippen LogP contribution < -0.4 is 0 Å². The number of carbonyl (C=O) groups excluding carboxylic acids is 1. The van der Waals surface area contributed by atoms with Gasteiger partial charge in [-0.05, 0) is 24.1 Å². The lowest BCUT2D eigenvalue weighted by Crippen LogP contribution is -2.34. The number of ketones is 1. The fourth-order valence-electron chi connectivity index (χ4n) is 1.96. The maximum atomic E-state index is 12.3. The molecule has 0 aliphatic heterocycles. The third-order valence-electron chi connectivity index (χ3n) is 2.76. The monoisotopic (exact) mass is 312 g/mol. The Bertz CT molecular complexity index is 509. The summed E-state index contributed by atoms with van der Waals surface area (Å²) in [6.45, 7) is 5.76. The summed E-state index contributed by atoms with van der Waals surface area (Å²) in [4.78, 5) is 14.3. The van der Waals surface area contributed by atoms with Gasteiger partial charge in [-0.1, -0.05) is 37.0 Å². The van der Waals surface area contributed by atoms with Crippen molar-refractivity contribution in [2.24, 2.45) is 5.92 Å². The highest BCUT2D eigenvalue weighted by atomic mass is 35.5. The minimum absolute atomic E-state index is 0.0731. The molecule has 0 heterocycles. The molecule has 0 aliphatic rings. The zero-order valence-corrected chi connectivity index (χ0v) is 13.2. The topological polar surface area (TPSA) is 44.1 Å². The minimum atomic E-state index is -0.0731. The van der Waals surface area contributed by atoms with Crippen molar-refractivity contribution in [2.75, 3.05) is 19.6 Å². The Morgan fingerprint density at radius 3 is 2.70 bits per heavy atom. The average Bonchev–Trinajstić information content (AvgIpc) is 2.38. The van der Waals surface area contributed by atoms with Crippen LogP contribution in [0.3, 0.4) is 0 Å². The quantitative estimate of drug-likeness (QED) is 0.713. The summed E-state index contributed by atoms with van der Waals surface area (Å²) >= 11 is 11.9. The Labute approximate surface area is 130 Å². The van der Waals surface area contributed by atoms with Crippen LogP contribution in [0.1, 0.15) is 30.6 Å². The van der Waals surface area contributed by atoms with Crippen LogP contribution >= 0.6 is 23.2 Å². The third kappa shape index (κ3) is 5.50. The standard InChI is InChI=1S/C15H18Cl2N2O/c1-11(2)9-19(7-3-6-18)10-15(20)13-8-12(16)4-5-14(13)17/h4-5,8,11H,3,7,9-10H2,1-2H3. The van der Waals surface area contributed by atoms with Gasteiger partial charge in [0.15, 0.2) is 5.78 Å². The van der Waals surface area contributed by atoms with Crippen molar-refractivity contribution in [3.63, 3.8) is 0 Å². The number of benzene rings is 1. The first-order chi connectivity index (χ1) is 9.43. The van der Waals surface area contributed by atoms with Crippen LogP contribution in [0.2, 0.25) is 10.0 Å². The fraction of sp³-hybridized carbons (Fsp3) is 0.467. The zero-order chi connectivity index (χ0) is 15.1. The van der Waals surface area contributed by atoms with Gasteiger partial charge in [-0.2, -0.15) is 5.26 Å². The Morgan fingerprint density at radius 1 is 1.40 bits per heavy atom. The zero-order valence-electron chi connectivity index (χ0n) is 11.7. The first kappa shape index (κ1) is 17.0. The summed E-state index contributed by atoms with van der Waals surface area (Å²) in [6, 6.07) is 6.97. The summed E-state index contributed by atoms with van der Waals surface area (Å²) in [7, 11) is 0. The molecule has 5 heteroatoms. The maximum Gasteiger partial charge on any atom is 0.178 e. The molecule has 0 amide bonds. The molecule has 20 heavy (non-hydrogen) atoms. The molecule has 1 aromatic rings. The van der Waals surface area contributed by atoms with E-state index in [1.807, 2.05) is 4.90 Å². The van der Waals surface area contributed by atoms with Crippen molar-refractivity contribution in [2.45, 2.75) is 20.3 Å². The molecule has 0 bridgehead atoms. The van der Waals surface area contributed by atoms with Gasteiger partial charge < -0.3 is 0 Å². The van der Waals surface area contributed by atoms with Gasteiger partial charge in [-0.15, -0.1) is 0 Å². The molecular formula is C15H18Cl2N2O. The largest absolute Gasteiger partial charge is 0.295 e. The summed E-state index contributed by atoms with van der Waals surface area (Å²) in [5.74, 6) is 0.354. The van der Waals surface area contributed by atoms with Gasteiger partial charge in [0.1, 0.15) is 0 Å². The Kier molecular flexibility index (Phi) is 7.01. The van der Waals surface area contributed by atoms with E-state index in [9.17, 15) is 4.79 Å². The van der Waals surface area contributed by atoms with Crippen LogP contribution in [0.15, 0.2) is 18.2 Å². The number of hydrogen-bond donors (Lipinski definition) is 0. The summed E-state index contributed by atoms with van der Waals surface area (Å²) in [6.07, 6.45) is 0.406. The Morgan fingerprint density at radius 2 is 2.10 bits per heavy atom. The lowest BCUT2D eigenvalue weighted by molar-refractivity contribution is 0.0924. The SMILES string of the molecule is CC(C)CN(CCC#N)CC(=O)c1cc(Cl)ccc1Cl. The van der Waals surface area contributed by atoms with Gasteiger partial charge >= 0.3 is 0 Å². The van der Waals surface area contributed by atoms with Crippen LogP contribution in [-0.2, 0) is 0 Å². The molecule has 0 aromatic heterocycles. The minimum Gasteiger partial charge on any atom is -0.295 e. The second-order valence-electron chi connectivity index (χ2n) is 5.08. The summed E-state index contributed by atoms with van der Waals surface area (Å²) < 4.78 is 0. The van der Waals surface area contributed by atoms with Crippen molar-refractivity contribution in [1.82, 2.24) is 4.90 Å². The van der Waals surface area contributed by atoms with E-state index in [-0.39, 0.29) is 12.3 Å². The predicted octanol–water partition coefficient (Wildman–Crippen LogP) is 4.05. The highest BCUT2D eigenvalue weighted by Crippen LogP contribution is 2.21. The van der Waals surface area contributed by atoms with Crippen molar-refractivity contribution in [3.8, 4) is 6.07 Å². The lowest BCUT2D eigenvalue weighted by atomic mass is 10.1. The van der Waals surface area contributed by atoms with Crippen LogP contribution in [0.4, 0.5) is 0 Å². The van der Waals surface area contributed by atoms with Crippen molar-refractivity contribution < 1.29 is 4.79 Å². The number of Topliss-reactive ketones (excluding diaryl/α,β-unsaturated/α-hetero) is 1. The van der Waals surface area contributed by atoms with Crippen LogP contribution in [-0.4, -0.2) is 30.3 Å². The van der Waals surface area contributed by atoms with E-state index in [0.29, 0.717) is 34.5 Å². The third-order valence-corrected chi connectivity index (χ3v) is 3.32. The molecule has 0 saturated carbocycles. The molecule has 0 spiro atoms. The van der Waals surface area contributed by atoms with E-state index in [4.69, 9.17) is 28.5 Å². The van der Waals surface area contributed by atoms with Crippen molar-refractivity contribution >= 4 is 29.0 Å². The molecule has 0 radical (unpaired) electrons. The van der Waals surface area contributed by atoms with Gasteiger partial charge in [-0.3, -0.25) is 9.69 Å². The molecule has 108 valence electrons. The predicted molar refractivity (Wildman–Crippen MR) is 82.3 cm³/mol. The first-order valence-corrected chi connectivity index (χ1v) is 7.27. The van der Waals surface area contributed by atoms with E-state index in [0.717, 1.165) is 6.54 Å². The van der Waals surface area contributed by atoms with E-state index in [2.05, 4.69) is 19.9 Å². The number of rotatable bonds is 7. The first-order valence-electron chi connectivity index (χ1n) is 6.51.